The number of methoxy groups -OCH3 is 2. The van der Waals surface area contributed by atoms with Crippen molar-refractivity contribution in [3.8, 4) is 11.5 Å². The van der Waals surface area contributed by atoms with E-state index in [0.29, 0.717) is 24.5 Å². The second kappa shape index (κ2) is 11.8. The van der Waals surface area contributed by atoms with E-state index in [4.69, 9.17) is 9.47 Å². The lowest BCUT2D eigenvalue weighted by Crippen LogP contribution is -2.26. The number of hydrogen-bond acceptors (Lipinski definition) is 6. The van der Waals surface area contributed by atoms with E-state index in [1.807, 2.05) is 36.4 Å². The van der Waals surface area contributed by atoms with E-state index in [0.717, 1.165) is 22.1 Å². The molecule has 1 heterocycles. The number of anilines is 1. The first-order chi connectivity index (χ1) is 17.5. The molecule has 36 heavy (non-hydrogen) atoms. The molecule has 4 rings (SSSR count). The predicted octanol–water partition coefficient (Wildman–Crippen LogP) is 6.32. The number of halogens is 1. The Labute approximate surface area is 214 Å². The average Bonchev–Trinajstić information content (AvgIpc) is 3.38. The summed E-state index contributed by atoms with van der Waals surface area (Å²) in [6.45, 7) is 3.31. The van der Waals surface area contributed by atoms with E-state index in [-0.39, 0.29) is 17.8 Å². The topological polar surface area (TPSA) is 63.7 Å². The molecule has 1 amide bonds. The van der Waals surface area contributed by atoms with Gasteiger partial charge in [0.05, 0.1) is 20.8 Å². The number of nitrogens with one attached hydrogen (secondary N) is 1. The van der Waals surface area contributed by atoms with Crippen LogP contribution in [0.15, 0.2) is 78.2 Å². The third-order valence-corrected chi connectivity index (χ3v) is 6.76. The van der Waals surface area contributed by atoms with Gasteiger partial charge in [-0.1, -0.05) is 36.4 Å². The van der Waals surface area contributed by atoms with Crippen LogP contribution in [0.2, 0.25) is 0 Å². The van der Waals surface area contributed by atoms with Gasteiger partial charge in [0, 0.05) is 35.3 Å². The Morgan fingerprint density at radius 2 is 1.78 bits per heavy atom. The number of carbonyl (C=O) groups is 1. The molecule has 1 N–H and O–H groups in total. The van der Waals surface area contributed by atoms with E-state index in [1.165, 1.54) is 41.2 Å². The Balaban J connectivity index is 1.55. The van der Waals surface area contributed by atoms with Gasteiger partial charge >= 0.3 is 0 Å². The molecule has 0 radical (unpaired) electrons. The molecule has 0 bridgehead atoms. The van der Waals surface area contributed by atoms with Crippen LogP contribution >= 0.6 is 11.3 Å². The van der Waals surface area contributed by atoms with Crippen LogP contribution in [-0.2, 0) is 13.1 Å². The summed E-state index contributed by atoms with van der Waals surface area (Å²) in [6, 6.07) is 21.8. The van der Waals surface area contributed by atoms with Gasteiger partial charge in [-0.2, -0.15) is 0 Å². The molecule has 0 aliphatic carbocycles. The summed E-state index contributed by atoms with van der Waals surface area (Å²) in [5, 5.41) is 5.32. The zero-order valence-electron chi connectivity index (χ0n) is 20.4. The van der Waals surface area contributed by atoms with E-state index in [2.05, 4.69) is 34.3 Å². The number of rotatable bonds is 10. The summed E-state index contributed by atoms with van der Waals surface area (Å²) in [7, 11) is 3.28. The Kier molecular flexibility index (Phi) is 8.30. The number of aromatic nitrogens is 1. The lowest BCUT2D eigenvalue weighted by molar-refractivity contribution is 0.102. The SMILES string of the molecule is COc1ccc(CN(Cc2nc(C(=O)Nc3ccc(F)cc3)cs2)[C@@H](C)c2ccccc2)c(OC)c1. The van der Waals surface area contributed by atoms with Crippen LogP contribution in [0.1, 0.15) is 39.6 Å². The summed E-state index contributed by atoms with van der Waals surface area (Å²) in [6.07, 6.45) is 0. The first-order valence-electron chi connectivity index (χ1n) is 11.5. The normalized spacial score (nSPS) is 11.8. The average molecular weight is 506 g/mol. The Morgan fingerprint density at radius 1 is 1.03 bits per heavy atom. The molecule has 0 aliphatic heterocycles. The van der Waals surface area contributed by atoms with E-state index < -0.39 is 0 Å². The van der Waals surface area contributed by atoms with Crippen molar-refractivity contribution in [2.24, 2.45) is 0 Å². The fraction of sp³-hybridized carbons (Fsp3) is 0.214. The van der Waals surface area contributed by atoms with E-state index >= 15 is 0 Å². The number of thiazole rings is 1. The fourth-order valence-electron chi connectivity index (χ4n) is 3.86. The number of hydrogen-bond donors (Lipinski definition) is 1. The van der Waals surface area contributed by atoms with Crippen LogP contribution < -0.4 is 14.8 Å². The monoisotopic (exact) mass is 505 g/mol. The highest BCUT2D eigenvalue weighted by atomic mass is 32.1. The van der Waals surface area contributed by atoms with Crippen LogP contribution in [0.5, 0.6) is 11.5 Å². The maximum atomic E-state index is 13.2. The van der Waals surface area contributed by atoms with Gasteiger partial charge in [0.2, 0.25) is 0 Å². The van der Waals surface area contributed by atoms with Crippen molar-refractivity contribution >= 4 is 22.9 Å². The first-order valence-corrected chi connectivity index (χ1v) is 12.4. The van der Waals surface area contributed by atoms with Gasteiger partial charge in [0.1, 0.15) is 28.0 Å². The highest BCUT2D eigenvalue weighted by Gasteiger charge is 2.21. The van der Waals surface area contributed by atoms with Crippen molar-refractivity contribution < 1.29 is 18.7 Å². The number of amides is 1. The highest BCUT2D eigenvalue weighted by molar-refractivity contribution is 7.09. The summed E-state index contributed by atoms with van der Waals surface area (Å²) in [5.41, 5.74) is 3.04. The predicted molar refractivity (Wildman–Crippen MR) is 140 cm³/mol. The van der Waals surface area contributed by atoms with Crippen LogP contribution in [0.4, 0.5) is 10.1 Å². The number of carbonyl (C=O) groups excluding carboxylic acids is 1. The smallest absolute Gasteiger partial charge is 0.275 e. The summed E-state index contributed by atoms with van der Waals surface area (Å²) in [5.74, 6) is 0.793. The summed E-state index contributed by atoms with van der Waals surface area (Å²) in [4.78, 5) is 19.6. The molecule has 4 aromatic rings. The molecular formula is C28H28FN3O3S. The van der Waals surface area contributed by atoms with E-state index in [1.54, 1.807) is 19.6 Å². The molecule has 0 aliphatic rings. The minimum absolute atomic E-state index is 0.0819. The highest BCUT2D eigenvalue weighted by Crippen LogP contribution is 2.31. The van der Waals surface area contributed by atoms with Gasteiger partial charge in [-0.3, -0.25) is 9.69 Å². The second-order valence-corrected chi connectivity index (χ2v) is 9.20. The minimum atomic E-state index is -0.356. The Morgan fingerprint density at radius 3 is 2.47 bits per heavy atom. The minimum Gasteiger partial charge on any atom is -0.497 e. The largest absolute Gasteiger partial charge is 0.497 e. The first kappa shape index (κ1) is 25.3. The van der Waals surface area contributed by atoms with Crippen LogP contribution in [0.25, 0.3) is 0 Å². The maximum absolute atomic E-state index is 13.2. The van der Waals surface area contributed by atoms with Gasteiger partial charge < -0.3 is 14.8 Å². The fourth-order valence-corrected chi connectivity index (χ4v) is 4.66. The standard InChI is InChI=1S/C28H28FN3O3S/c1-19(20-7-5-4-6-8-20)32(16-21-9-14-24(34-2)15-26(21)35-3)17-27-31-25(18-36-27)28(33)30-23-12-10-22(29)11-13-23/h4-15,18-19H,16-17H2,1-3H3,(H,30,33)/t19-/m0/s1. The third-order valence-electron chi connectivity index (χ3n) is 5.92. The van der Waals surface area contributed by atoms with Crippen LogP contribution in [-0.4, -0.2) is 30.0 Å². The number of ether oxygens (including phenoxy) is 2. The summed E-state index contributed by atoms with van der Waals surface area (Å²) < 4.78 is 24.1. The zero-order valence-corrected chi connectivity index (χ0v) is 21.2. The molecule has 0 fully saturated rings. The van der Waals surface area contributed by atoms with Gasteiger partial charge in [0.25, 0.3) is 5.91 Å². The zero-order chi connectivity index (χ0) is 25.5. The molecule has 8 heteroatoms. The van der Waals surface area contributed by atoms with Crippen molar-refractivity contribution in [2.75, 3.05) is 19.5 Å². The van der Waals surface area contributed by atoms with Crippen LogP contribution in [0.3, 0.4) is 0 Å². The van der Waals surface area contributed by atoms with Gasteiger partial charge in [0.15, 0.2) is 0 Å². The molecule has 1 aromatic heterocycles. The lowest BCUT2D eigenvalue weighted by atomic mass is 10.1. The molecule has 0 saturated carbocycles. The van der Waals surface area contributed by atoms with Gasteiger partial charge in [-0.05, 0) is 42.8 Å². The molecular weight excluding hydrogens is 477 g/mol. The Bertz CT molecular complexity index is 1300. The van der Waals surface area contributed by atoms with Crippen molar-refractivity contribution in [3.05, 3.63) is 106 Å². The van der Waals surface area contributed by atoms with Crippen molar-refractivity contribution in [1.82, 2.24) is 9.88 Å². The molecule has 0 unspecified atom stereocenters. The van der Waals surface area contributed by atoms with Gasteiger partial charge in [-0.15, -0.1) is 11.3 Å². The molecule has 0 spiro atoms. The molecule has 186 valence electrons. The third kappa shape index (κ3) is 6.27. The molecule has 6 nitrogen and oxygen atoms in total. The lowest BCUT2D eigenvalue weighted by Gasteiger charge is -2.29. The summed E-state index contributed by atoms with van der Waals surface area (Å²) >= 11 is 1.43. The number of nitrogens with zero attached hydrogens (tertiary/aromatic N) is 2. The van der Waals surface area contributed by atoms with Crippen LogP contribution in [0, 0.1) is 5.82 Å². The molecule has 1 atom stereocenters. The second-order valence-electron chi connectivity index (χ2n) is 8.26. The Hall–Kier alpha value is -3.75. The molecule has 3 aromatic carbocycles. The van der Waals surface area contributed by atoms with Gasteiger partial charge in [-0.25, -0.2) is 9.37 Å². The number of benzene rings is 3. The van der Waals surface area contributed by atoms with E-state index in [9.17, 15) is 9.18 Å². The maximum Gasteiger partial charge on any atom is 0.275 e. The molecule has 0 saturated heterocycles. The van der Waals surface area contributed by atoms with Crippen molar-refractivity contribution in [3.63, 3.8) is 0 Å². The quantitative estimate of drug-likeness (QED) is 0.273. The van der Waals surface area contributed by atoms with Crippen molar-refractivity contribution in [2.45, 2.75) is 26.1 Å². The van der Waals surface area contributed by atoms with Crippen molar-refractivity contribution in [1.29, 1.82) is 0 Å².